The molecule has 17 heavy (non-hydrogen) atoms. The van der Waals surface area contributed by atoms with E-state index in [0.717, 1.165) is 25.7 Å². The number of alkyl halides is 1. The zero-order chi connectivity index (χ0) is 13.1. The lowest BCUT2D eigenvalue weighted by molar-refractivity contribution is -0.146. The molecule has 0 aliphatic heterocycles. The Morgan fingerprint density at radius 3 is 2.53 bits per heavy atom. The van der Waals surface area contributed by atoms with Crippen molar-refractivity contribution in [2.75, 3.05) is 12.4 Å². The lowest BCUT2D eigenvalue weighted by Gasteiger charge is -2.17. The van der Waals surface area contributed by atoms with Crippen molar-refractivity contribution in [3.63, 3.8) is 0 Å². The molecule has 0 aromatic heterocycles. The molecule has 2 nitrogen and oxygen atoms in total. The molecule has 0 bridgehead atoms. The van der Waals surface area contributed by atoms with Gasteiger partial charge < -0.3 is 4.74 Å². The molecular weight excluding hydrogens is 239 g/mol. The van der Waals surface area contributed by atoms with Crippen LogP contribution in [0.3, 0.4) is 0 Å². The van der Waals surface area contributed by atoms with Gasteiger partial charge in [0.05, 0.1) is 12.8 Å². The normalized spacial score (nSPS) is 12.8. The van der Waals surface area contributed by atoms with Crippen molar-refractivity contribution in [1.29, 1.82) is 0 Å². The van der Waals surface area contributed by atoms with Crippen molar-refractivity contribution < 1.29 is 13.9 Å². The van der Waals surface area contributed by atoms with Crippen LogP contribution in [0.5, 0.6) is 0 Å². The third-order valence-corrected chi connectivity index (χ3v) is 3.64. The van der Waals surface area contributed by atoms with E-state index < -0.39 is 0 Å². The summed E-state index contributed by atoms with van der Waals surface area (Å²) in [5, 5.41) is -0.115. The Labute approximate surface area is 109 Å². The van der Waals surface area contributed by atoms with Crippen LogP contribution in [0.2, 0.25) is 0 Å². The van der Waals surface area contributed by atoms with Crippen LogP contribution in [0.4, 0.5) is 4.39 Å². The van der Waals surface area contributed by atoms with Crippen LogP contribution < -0.4 is 0 Å². The summed E-state index contributed by atoms with van der Waals surface area (Å²) in [6, 6.07) is 0. The number of esters is 1. The van der Waals surface area contributed by atoms with E-state index in [1.807, 2.05) is 13.8 Å². The Kier molecular flexibility index (Phi) is 10.7. The van der Waals surface area contributed by atoms with Gasteiger partial charge in [0.1, 0.15) is 5.25 Å². The molecule has 102 valence electrons. The summed E-state index contributed by atoms with van der Waals surface area (Å²) < 4.78 is 17.3. The maximum atomic E-state index is 12.0. The summed E-state index contributed by atoms with van der Waals surface area (Å²) in [6.45, 7) is 5.53. The first-order valence-corrected chi connectivity index (χ1v) is 7.54. The van der Waals surface area contributed by atoms with Gasteiger partial charge in [0.15, 0.2) is 0 Å². The highest BCUT2D eigenvalue weighted by atomic mass is 32.2. The highest BCUT2D eigenvalue weighted by Gasteiger charge is 2.20. The van der Waals surface area contributed by atoms with Crippen LogP contribution in [-0.2, 0) is 9.53 Å². The largest absolute Gasteiger partial charge is 0.462 e. The minimum atomic E-state index is -0.312. The molecule has 0 aromatic rings. The first-order valence-electron chi connectivity index (χ1n) is 6.49. The van der Waals surface area contributed by atoms with E-state index >= 15 is 0 Å². The van der Waals surface area contributed by atoms with Crippen molar-refractivity contribution in [3.8, 4) is 0 Å². The molecule has 4 heteroatoms. The Balaban J connectivity index is 4.03. The van der Waals surface area contributed by atoms with E-state index in [4.69, 9.17) is 4.74 Å². The second-order valence-electron chi connectivity index (χ2n) is 4.38. The zero-order valence-corrected chi connectivity index (χ0v) is 12.0. The van der Waals surface area contributed by atoms with Gasteiger partial charge in [-0.25, -0.2) is 0 Å². The van der Waals surface area contributed by atoms with Crippen LogP contribution >= 0.6 is 11.8 Å². The Morgan fingerprint density at radius 2 is 2.00 bits per heavy atom. The molecule has 0 amide bonds. The van der Waals surface area contributed by atoms with Crippen molar-refractivity contribution in [2.45, 2.75) is 64.2 Å². The molecule has 0 heterocycles. The second kappa shape index (κ2) is 10.9. The summed E-state index contributed by atoms with van der Waals surface area (Å²) >= 11 is 1.53. The molecule has 1 atom stereocenters. The van der Waals surface area contributed by atoms with Gasteiger partial charge in [-0.1, -0.05) is 26.2 Å². The van der Waals surface area contributed by atoms with Gasteiger partial charge in [0.2, 0.25) is 0 Å². The second-order valence-corrected chi connectivity index (χ2v) is 5.69. The molecule has 0 aromatic carbocycles. The zero-order valence-electron chi connectivity index (χ0n) is 11.2. The number of hydrogen-bond donors (Lipinski definition) is 0. The van der Waals surface area contributed by atoms with Crippen LogP contribution in [0, 0.1) is 0 Å². The predicted octanol–water partition coefficient (Wildman–Crippen LogP) is 3.98. The monoisotopic (exact) mass is 264 g/mol. The standard InChI is InChI=1S/C13H25FO2S/c1-4-5-6-8-12(17-10-7-9-14)13(15)16-11(2)3/h11-12H,4-10H2,1-3H3. The lowest BCUT2D eigenvalue weighted by atomic mass is 10.1. The molecule has 0 N–H and O–H groups in total. The average Bonchev–Trinajstić information content (AvgIpc) is 2.26. The highest BCUT2D eigenvalue weighted by Crippen LogP contribution is 2.21. The molecule has 0 saturated carbocycles. The van der Waals surface area contributed by atoms with E-state index in [1.165, 1.54) is 11.8 Å². The first kappa shape index (κ1) is 16.8. The number of ether oxygens (including phenoxy) is 1. The lowest BCUT2D eigenvalue weighted by Crippen LogP contribution is -2.24. The third kappa shape index (κ3) is 9.45. The van der Waals surface area contributed by atoms with Crippen LogP contribution in [0.25, 0.3) is 0 Å². The van der Waals surface area contributed by atoms with E-state index in [2.05, 4.69) is 6.92 Å². The summed E-state index contributed by atoms with van der Waals surface area (Å²) in [5.41, 5.74) is 0. The van der Waals surface area contributed by atoms with Gasteiger partial charge >= 0.3 is 5.97 Å². The first-order chi connectivity index (χ1) is 8.11. The van der Waals surface area contributed by atoms with E-state index in [0.29, 0.717) is 12.2 Å². The van der Waals surface area contributed by atoms with Crippen molar-refractivity contribution >= 4 is 17.7 Å². The smallest absolute Gasteiger partial charge is 0.319 e. The number of hydrogen-bond acceptors (Lipinski definition) is 3. The van der Waals surface area contributed by atoms with Gasteiger partial charge in [-0.05, 0) is 32.4 Å². The number of thioether (sulfide) groups is 1. The van der Waals surface area contributed by atoms with Crippen LogP contribution in [-0.4, -0.2) is 29.8 Å². The Hall–Kier alpha value is -0.250. The van der Waals surface area contributed by atoms with Crippen LogP contribution in [0.1, 0.15) is 52.9 Å². The van der Waals surface area contributed by atoms with E-state index in [-0.39, 0.29) is 24.0 Å². The van der Waals surface area contributed by atoms with Crippen molar-refractivity contribution in [1.82, 2.24) is 0 Å². The number of halogens is 1. The molecule has 0 fully saturated rings. The minimum Gasteiger partial charge on any atom is -0.462 e. The number of rotatable bonds is 10. The molecule has 0 saturated heterocycles. The van der Waals surface area contributed by atoms with Gasteiger partial charge in [-0.3, -0.25) is 9.18 Å². The fourth-order valence-electron chi connectivity index (χ4n) is 1.44. The van der Waals surface area contributed by atoms with Gasteiger partial charge in [0, 0.05) is 0 Å². The number of carbonyl (C=O) groups is 1. The molecule has 0 rings (SSSR count). The van der Waals surface area contributed by atoms with Gasteiger partial charge in [-0.2, -0.15) is 0 Å². The maximum absolute atomic E-state index is 12.0. The number of carbonyl (C=O) groups excluding carboxylic acids is 1. The molecule has 0 aliphatic carbocycles. The summed E-state index contributed by atoms with van der Waals surface area (Å²) in [6.07, 6.45) is 4.60. The third-order valence-electron chi connectivity index (χ3n) is 2.28. The number of unbranched alkanes of at least 4 members (excludes halogenated alkanes) is 2. The van der Waals surface area contributed by atoms with E-state index in [1.54, 1.807) is 0 Å². The molecular formula is C13H25FO2S. The Morgan fingerprint density at radius 1 is 1.29 bits per heavy atom. The fraction of sp³-hybridized carbons (Fsp3) is 0.923. The molecule has 1 unspecified atom stereocenters. The highest BCUT2D eigenvalue weighted by molar-refractivity contribution is 8.00. The SMILES string of the molecule is CCCCCC(SCCCF)C(=O)OC(C)C. The van der Waals surface area contributed by atoms with Crippen molar-refractivity contribution in [2.24, 2.45) is 0 Å². The van der Waals surface area contributed by atoms with Crippen LogP contribution in [0.15, 0.2) is 0 Å². The summed E-state index contributed by atoms with van der Waals surface area (Å²) in [5.74, 6) is 0.556. The molecule has 0 aliphatic rings. The quantitative estimate of drug-likeness (QED) is 0.441. The minimum absolute atomic E-state index is 0.0713. The topological polar surface area (TPSA) is 26.3 Å². The summed E-state index contributed by atoms with van der Waals surface area (Å²) in [7, 11) is 0. The molecule has 0 spiro atoms. The summed E-state index contributed by atoms with van der Waals surface area (Å²) in [4.78, 5) is 11.8. The van der Waals surface area contributed by atoms with Gasteiger partial charge in [0.25, 0.3) is 0 Å². The van der Waals surface area contributed by atoms with Gasteiger partial charge in [-0.15, -0.1) is 11.8 Å². The Bertz CT molecular complexity index is 188. The maximum Gasteiger partial charge on any atom is 0.319 e. The van der Waals surface area contributed by atoms with E-state index in [9.17, 15) is 9.18 Å². The average molecular weight is 264 g/mol. The fourth-order valence-corrected chi connectivity index (χ4v) is 2.52. The molecule has 0 radical (unpaired) electrons. The van der Waals surface area contributed by atoms with Crippen molar-refractivity contribution in [3.05, 3.63) is 0 Å². The predicted molar refractivity (Wildman–Crippen MR) is 72.2 cm³/mol.